The number of halogens is 1. The SMILES string of the molecule is CC1Oc2ccccc2OC1C(=O)N1CCCC(C(=O)NCCN)C1.Cl. The lowest BCUT2D eigenvalue weighted by Crippen LogP contribution is -2.54. The summed E-state index contributed by atoms with van der Waals surface area (Å²) in [6, 6.07) is 7.33. The number of nitrogens with zero attached hydrogens (tertiary/aromatic N) is 1. The van der Waals surface area contributed by atoms with Crippen molar-refractivity contribution >= 4 is 24.2 Å². The molecule has 2 aliphatic rings. The molecule has 26 heavy (non-hydrogen) atoms. The van der Waals surface area contributed by atoms with E-state index in [2.05, 4.69) is 5.32 Å². The molecular weight excluding hydrogens is 358 g/mol. The van der Waals surface area contributed by atoms with E-state index < -0.39 is 6.10 Å². The van der Waals surface area contributed by atoms with Crippen LogP contribution < -0.4 is 20.5 Å². The monoisotopic (exact) mass is 383 g/mol. The molecule has 1 fully saturated rings. The Morgan fingerprint density at radius 2 is 1.96 bits per heavy atom. The topological polar surface area (TPSA) is 93.9 Å². The normalized spacial score (nSPS) is 24.4. The van der Waals surface area contributed by atoms with Crippen LogP contribution in [-0.4, -0.2) is 55.1 Å². The van der Waals surface area contributed by atoms with Crippen molar-refractivity contribution in [3.05, 3.63) is 24.3 Å². The van der Waals surface area contributed by atoms with Crippen molar-refractivity contribution in [1.82, 2.24) is 10.2 Å². The molecular formula is C18H26ClN3O4. The van der Waals surface area contributed by atoms with E-state index in [1.54, 1.807) is 11.0 Å². The molecule has 0 saturated carbocycles. The molecule has 1 aromatic carbocycles. The summed E-state index contributed by atoms with van der Waals surface area (Å²) in [6.45, 7) is 3.73. The molecule has 144 valence electrons. The van der Waals surface area contributed by atoms with Crippen molar-refractivity contribution in [3.63, 3.8) is 0 Å². The molecule has 0 radical (unpaired) electrons. The van der Waals surface area contributed by atoms with E-state index in [0.29, 0.717) is 37.7 Å². The molecule has 2 amide bonds. The quantitative estimate of drug-likeness (QED) is 0.807. The minimum atomic E-state index is -0.694. The largest absolute Gasteiger partial charge is 0.482 e. The Kier molecular flexibility index (Phi) is 7.11. The van der Waals surface area contributed by atoms with E-state index in [0.717, 1.165) is 12.8 Å². The van der Waals surface area contributed by atoms with Crippen LogP contribution in [0.5, 0.6) is 11.5 Å². The smallest absolute Gasteiger partial charge is 0.267 e. The van der Waals surface area contributed by atoms with Crippen molar-refractivity contribution in [2.24, 2.45) is 11.7 Å². The highest BCUT2D eigenvalue weighted by atomic mass is 35.5. The molecule has 1 aromatic rings. The molecule has 3 N–H and O–H groups in total. The van der Waals surface area contributed by atoms with E-state index in [1.165, 1.54) is 0 Å². The van der Waals surface area contributed by atoms with Crippen LogP contribution in [0.2, 0.25) is 0 Å². The molecule has 3 rings (SSSR count). The second-order valence-electron chi connectivity index (χ2n) is 6.51. The molecule has 0 aliphatic carbocycles. The van der Waals surface area contributed by atoms with Crippen LogP contribution in [0.1, 0.15) is 19.8 Å². The predicted octanol–water partition coefficient (Wildman–Crippen LogP) is 0.950. The highest BCUT2D eigenvalue weighted by Crippen LogP contribution is 2.34. The molecule has 3 atom stereocenters. The second kappa shape index (κ2) is 9.09. The summed E-state index contributed by atoms with van der Waals surface area (Å²) in [6.07, 6.45) is 0.501. The maximum Gasteiger partial charge on any atom is 0.267 e. The van der Waals surface area contributed by atoms with Gasteiger partial charge in [-0.2, -0.15) is 0 Å². The Bertz CT molecular complexity index is 643. The van der Waals surface area contributed by atoms with Crippen molar-refractivity contribution < 1.29 is 19.1 Å². The number of carbonyl (C=O) groups is 2. The number of rotatable bonds is 4. The van der Waals surface area contributed by atoms with E-state index in [1.807, 2.05) is 25.1 Å². The minimum Gasteiger partial charge on any atom is -0.482 e. The first-order valence-electron chi connectivity index (χ1n) is 8.79. The van der Waals surface area contributed by atoms with Gasteiger partial charge in [-0.3, -0.25) is 9.59 Å². The Balaban J connectivity index is 0.00000243. The van der Waals surface area contributed by atoms with Gasteiger partial charge in [-0.15, -0.1) is 12.4 Å². The number of piperidine rings is 1. The molecule has 0 bridgehead atoms. The van der Waals surface area contributed by atoms with Gasteiger partial charge < -0.3 is 25.4 Å². The number of carbonyl (C=O) groups excluding carboxylic acids is 2. The number of fused-ring (bicyclic) bond motifs is 1. The number of amides is 2. The molecule has 3 unspecified atom stereocenters. The minimum absolute atomic E-state index is 0. The van der Waals surface area contributed by atoms with Gasteiger partial charge in [-0.05, 0) is 31.9 Å². The van der Waals surface area contributed by atoms with Crippen LogP contribution in [-0.2, 0) is 9.59 Å². The van der Waals surface area contributed by atoms with Gasteiger partial charge >= 0.3 is 0 Å². The van der Waals surface area contributed by atoms with Crippen LogP contribution in [0.25, 0.3) is 0 Å². The van der Waals surface area contributed by atoms with Crippen molar-refractivity contribution in [1.29, 1.82) is 0 Å². The van der Waals surface area contributed by atoms with E-state index in [-0.39, 0.29) is 36.2 Å². The molecule has 2 heterocycles. The Hall–Kier alpha value is -1.99. The number of para-hydroxylation sites is 2. The lowest BCUT2D eigenvalue weighted by Gasteiger charge is -2.37. The van der Waals surface area contributed by atoms with Crippen LogP contribution in [0.4, 0.5) is 0 Å². The predicted molar refractivity (Wildman–Crippen MR) is 99.6 cm³/mol. The van der Waals surface area contributed by atoms with Crippen molar-refractivity contribution in [2.75, 3.05) is 26.2 Å². The summed E-state index contributed by atoms with van der Waals surface area (Å²) in [4.78, 5) is 26.8. The first-order valence-corrected chi connectivity index (χ1v) is 8.79. The number of ether oxygens (including phenoxy) is 2. The number of hydrogen-bond donors (Lipinski definition) is 2. The van der Waals surface area contributed by atoms with Gasteiger partial charge in [-0.25, -0.2) is 0 Å². The average Bonchev–Trinajstić information content (AvgIpc) is 2.65. The molecule has 7 nitrogen and oxygen atoms in total. The van der Waals surface area contributed by atoms with Crippen molar-refractivity contribution in [2.45, 2.75) is 32.0 Å². The molecule has 8 heteroatoms. The fraction of sp³-hybridized carbons (Fsp3) is 0.556. The van der Waals surface area contributed by atoms with Crippen molar-refractivity contribution in [3.8, 4) is 11.5 Å². The van der Waals surface area contributed by atoms with Gasteiger partial charge in [0.15, 0.2) is 11.5 Å². The maximum atomic E-state index is 12.9. The molecule has 0 aromatic heterocycles. The number of nitrogens with one attached hydrogen (secondary N) is 1. The maximum absolute atomic E-state index is 12.9. The Morgan fingerprint density at radius 3 is 2.65 bits per heavy atom. The average molecular weight is 384 g/mol. The zero-order valence-electron chi connectivity index (χ0n) is 14.8. The highest BCUT2D eigenvalue weighted by molar-refractivity contribution is 5.85. The van der Waals surface area contributed by atoms with Crippen LogP contribution in [0.3, 0.4) is 0 Å². The summed E-state index contributed by atoms with van der Waals surface area (Å²) in [5.74, 6) is 0.863. The number of benzene rings is 1. The van der Waals surface area contributed by atoms with E-state index >= 15 is 0 Å². The number of hydrogen-bond acceptors (Lipinski definition) is 5. The van der Waals surface area contributed by atoms with E-state index in [4.69, 9.17) is 15.2 Å². The number of likely N-dealkylation sites (tertiary alicyclic amines) is 1. The summed E-state index contributed by atoms with van der Waals surface area (Å²) in [5.41, 5.74) is 5.42. The zero-order chi connectivity index (χ0) is 17.8. The fourth-order valence-corrected chi connectivity index (χ4v) is 3.30. The molecule has 2 aliphatic heterocycles. The van der Waals surface area contributed by atoms with Gasteiger partial charge in [0, 0.05) is 26.2 Å². The molecule has 1 saturated heterocycles. The summed E-state index contributed by atoms with van der Waals surface area (Å²) in [7, 11) is 0. The summed E-state index contributed by atoms with van der Waals surface area (Å²) in [5, 5.41) is 2.81. The first-order chi connectivity index (χ1) is 12.1. The summed E-state index contributed by atoms with van der Waals surface area (Å²) >= 11 is 0. The first kappa shape index (κ1) is 20.3. The van der Waals surface area contributed by atoms with Gasteiger partial charge in [0.2, 0.25) is 12.0 Å². The van der Waals surface area contributed by atoms with Crippen LogP contribution in [0.15, 0.2) is 24.3 Å². The standard InChI is InChI=1S/C18H25N3O4.ClH/c1-12-16(25-15-7-3-2-6-14(15)24-12)18(23)21-10-4-5-13(11-21)17(22)20-9-8-19;/h2-3,6-7,12-13,16H,4-5,8-11,19H2,1H3,(H,20,22);1H. The lowest BCUT2D eigenvalue weighted by molar-refractivity contribution is -0.147. The summed E-state index contributed by atoms with van der Waals surface area (Å²) < 4.78 is 11.7. The van der Waals surface area contributed by atoms with Crippen LogP contribution in [0, 0.1) is 5.92 Å². The highest BCUT2D eigenvalue weighted by Gasteiger charge is 2.39. The second-order valence-corrected chi connectivity index (χ2v) is 6.51. The Labute approximate surface area is 159 Å². The van der Waals surface area contributed by atoms with Gasteiger partial charge in [-0.1, -0.05) is 12.1 Å². The zero-order valence-corrected chi connectivity index (χ0v) is 15.7. The third kappa shape index (κ3) is 4.40. The van der Waals surface area contributed by atoms with Gasteiger partial charge in [0.25, 0.3) is 5.91 Å². The van der Waals surface area contributed by atoms with Crippen LogP contribution >= 0.6 is 12.4 Å². The third-order valence-electron chi connectivity index (χ3n) is 4.63. The molecule has 0 spiro atoms. The lowest BCUT2D eigenvalue weighted by atomic mass is 9.96. The van der Waals surface area contributed by atoms with Gasteiger partial charge in [0.05, 0.1) is 5.92 Å². The van der Waals surface area contributed by atoms with Gasteiger partial charge in [0.1, 0.15) is 6.10 Å². The Morgan fingerprint density at radius 1 is 1.27 bits per heavy atom. The third-order valence-corrected chi connectivity index (χ3v) is 4.63. The fourth-order valence-electron chi connectivity index (χ4n) is 3.30. The van der Waals surface area contributed by atoms with E-state index in [9.17, 15) is 9.59 Å². The number of nitrogens with two attached hydrogens (primary N) is 1.